The number of amides is 1. The smallest absolute Gasteiger partial charge is 0.335 e. The first-order valence-electron chi connectivity index (χ1n) is 14.3. The first-order valence-corrected chi connectivity index (χ1v) is 14.3. The van der Waals surface area contributed by atoms with Gasteiger partial charge in [-0.2, -0.15) is 0 Å². The molecule has 3 heterocycles. The van der Waals surface area contributed by atoms with Crippen molar-refractivity contribution in [1.29, 1.82) is 0 Å². The number of nitrogens with zero attached hydrogens (tertiary/aromatic N) is 2. The molecule has 38 heavy (non-hydrogen) atoms. The van der Waals surface area contributed by atoms with E-state index in [0.717, 1.165) is 41.4 Å². The van der Waals surface area contributed by atoms with Gasteiger partial charge in [-0.05, 0) is 30.5 Å². The average molecular weight is 523 g/mol. The van der Waals surface area contributed by atoms with Crippen LogP contribution in [0.15, 0.2) is 54.2 Å². The minimum Gasteiger partial charge on any atom is -0.478 e. The Bertz CT molecular complexity index is 1130. The lowest BCUT2D eigenvalue weighted by atomic mass is 10.0. The maximum absolute atomic E-state index is 13.4. The summed E-state index contributed by atoms with van der Waals surface area (Å²) in [5.74, 6) is -0.909. The van der Waals surface area contributed by atoms with Crippen LogP contribution in [0.1, 0.15) is 81.9 Å². The first-order chi connectivity index (χ1) is 18.5. The predicted octanol–water partition coefficient (Wildman–Crippen LogP) is 6.97. The Hall–Kier alpha value is -3.12. The lowest BCUT2D eigenvalue weighted by Crippen LogP contribution is -2.42. The number of carboxylic acid groups (broad SMARTS) is 1. The van der Waals surface area contributed by atoms with Crippen LogP contribution in [0, 0.1) is 0 Å². The number of rotatable bonds is 5. The van der Waals surface area contributed by atoms with Gasteiger partial charge in [-0.3, -0.25) is 4.79 Å². The summed E-state index contributed by atoms with van der Waals surface area (Å²) in [7, 11) is 0. The molecular formula is C32H46N2O4. The number of allylic oxidation sites excluding steroid dienone is 5. The second-order valence-corrected chi connectivity index (χ2v) is 9.23. The number of aryl methyl sites for hydroxylation is 1. The Balaban J connectivity index is 0.000000773. The zero-order chi connectivity index (χ0) is 27.9. The topological polar surface area (TPSA) is 71.8 Å². The highest BCUT2D eigenvalue weighted by atomic mass is 16.5. The van der Waals surface area contributed by atoms with Crippen LogP contribution >= 0.6 is 0 Å². The molecule has 0 aliphatic carbocycles. The van der Waals surface area contributed by atoms with Crippen molar-refractivity contribution in [2.45, 2.75) is 79.7 Å². The molecule has 1 amide bonds. The number of hydrogen-bond donors (Lipinski definition) is 1. The Morgan fingerprint density at radius 2 is 1.66 bits per heavy atom. The third kappa shape index (κ3) is 8.19. The highest BCUT2D eigenvalue weighted by molar-refractivity contribution is 5.96. The molecule has 1 aromatic heterocycles. The van der Waals surface area contributed by atoms with Crippen molar-refractivity contribution in [2.75, 3.05) is 26.3 Å². The van der Waals surface area contributed by atoms with Gasteiger partial charge in [0.2, 0.25) is 0 Å². The number of ether oxygens (including phenoxy) is 1. The summed E-state index contributed by atoms with van der Waals surface area (Å²) >= 11 is 0. The average Bonchev–Trinajstić information content (AvgIpc) is 3.21. The lowest BCUT2D eigenvalue weighted by Gasteiger charge is -2.28. The molecule has 1 fully saturated rings. The van der Waals surface area contributed by atoms with Gasteiger partial charge in [0, 0.05) is 41.7 Å². The number of benzene rings is 1. The first kappa shape index (κ1) is 31.1. The number of carboxylic acids is 1. The van der Waals surface area contributed by atoms with Gasteiger partial charge < -0.3 is 19.3 Å². The van der Waals surface area contributed by atoms with E-state index in [-0.39, 0.29) is 11.5 Å². The minimum atomic E-state index is -0.944. The Kier molecular flexibility index (Phi) is 13.6. The van der Waals surface area contributed by atoms with Crippen molar-refractivity contribution in [3.8, 4) is 0 Å². The summed E-state index contributed by atoms with van der Waals surface area (Å²) in [6, 6.07) is 5.35. The van der Waals surface area contributed by atoms with E-state index >= 15 is 0 Å². The monoisotopic (exact) mass is 522 g/mol. The number of hydrogen-bond acceptors (Lipinski definition) is 3. The fraction of sp³-hybridized carbons (Fsp3) is 0.500. The number of morpholine rings is 1. The van der Waals surface area contributed by atoms with Crippen LogP contribution in [0.25, 0.3) is 10.9 Å². The van der Waals surface area contributed by atoms with E-state index in [2.05, 4.69) is 37.5 Å². The van der Waals surface area contributed by atoms with Gasteiger partial charge in [-0.25, -0.2) is 4.79 Å². The molecule has 6 heteroatoms. The van der Waals surface area contributed by atoms with Gasteiger partial charge in [-0.15, -0.1) is 0 Å². The van der Waals surface area contributed by atoms with Crippen LogP contribution in [0.4, 0.5) is 0 Å². The van der Waals surface area contributed by atoms with E-state index in [4.69, 9.17) is 4.74 Å². The molecule has 0 unspecified atom stereocenters. The predicted molar refractivity (Wildman–Crippen MR) is 157 cm³/mol. The number of carbonyl (C=O) groups excluding carboxylic acids is 1. The van der Waals surface area contributed by atoms with Crippen molar-refractivity contribution in [3.63, 3.8) is 0 Å². The molecule has 2 aromatic rings. The van der Waals surface area contributed by atoms with E-state index in [1.54, 1.807) is 12.1 Å². The van der Waals surface area contributed by atoms with Gasteiger partial charge in [0.25, 0.3) is 5.91 Å². The molecule has 0 spiro atoms. The van der Waals surface area contributed by atoms with E-state index in [1.807, 2.05) is 43.0 Å². The second-order valence-electron chi connectivity index (χ2n) is 9.23. The number of aromatic nitrogens is 1. The van der Waals surface area contributed by atoms with Crippen molar-refractivity contribution in [2.24, 2.45) is 0 Å². The fourth-order valence-corrected chi connectivity index (χ4v) is 4.53. The van der Waals surface area contributed by atoms with E-state index in [1.165, 1.54) is 18.4 Å². The van der Waals surface area contributed by atoms with E-state index in [0.29, 0.717) is 39.3 Å². The van der Waals surface area contributed by atoms with Crippen LogP contribution in [0.3, 0.4) is 0 Å². The third-order valence-corrected chi connectivity index (χ3v) is 6.63. The van der Waals surface area contributed by atoms with Gasteiger partial charge in [-0.1, -0.05) is 90.3 Å². The molecule has 2 aliphatic heterocycles. The summed E-state index contributed by atoms with van der Waals surface area (Å²) in [5.41, 5.74) is 4.27. The van der Waals surface area contributed by atoms with Crippen molar-refractivity contribution < 1.29 is 19.4 Å². The maximum atomic E-state index is 13.4. The summed E-state index contributed by atoms with van der Waals surface area (Å²) in [6.07, 6.45) is 16.2. The molecule has 0 saturated carbocycles. The van der Waals surface area contributed by atoms with Crippen molar-refractivity contribution in [3.05, 3.63) is 71.0 Å². The molecule has 4 rings (SSSR count). The molecule has 1 saturated heterocycles. The standard InChI is InChI=1S/C26H30N2O4.C4H10.C2H6/c1-2-8-21-22-12-11-19(26(30)31)17-24(22)28-18-20(25(29)27-13-15-32-16-14-27)9-6-4-3-5-7-10-23(21)28;1-3-4-2;1-2/h3-5,7,9,11-12,17H,2,6,8,10,13-16,18H2,1H3,(H,30,31);3-4H2,1-2H3;1-2H3/b4-3-,7-5-,20-9+;;. The Morgan fingerprint density at radius 1 is 0.974 bits per heavy atom. The maximum Gasteiger partial charge on any atom is 0.335 e. The molecule has 2 aliphatic rings. The summed E-state index contributed by atoms with van der Waals surface area (Å²) in [5, 5.41) is 10.7. The second kappa shape index (κ2) is 16.7. The SMILES string of the molecule is CC.CCCC.CCCc1c2n(c3cc(C(=O)O)ccc13)C/C(C(=O)N1CCOCC1)=C\C/C=C\C=C/C2. The summed E-state index contributed by atoms with van der Waals surface area (Å²) < 4.78 is 7.58. The number of aromatic carboxylic acids is 1. The van der Waals surface area contributed by atoms with E-state index < -0.39 is 5.97 Å². The minimum absolute atomic E-state index is 0.0353. The highest BCUT2D eigenvalue weighted by Gasteiger charge is 2.24. The number of unbranched alkanes of at least 4 members (excludes halogenated alkanes) is 1. The number of carbonyl (C=O) groups is 2. The normalized spacial score (nSPS) is 18.3. The lowest BCUT2D eigenvalue weighted by molar-refractivity contribution is -0.131. The molecule has 6 nitrogen and oxygen atoms in total. The quantitative estimate of drug-likeness (QED) is 0.460. The third-order valence-electron chi connectivity index (χ3n) is 6.63. The number of fused-ring (bicyclic) bond motifs is 3. The van der Waals surface area contributed by atoms with Gasteiger partial charge >= 0.3 is 5.97 Å². The zero-order valence-corrected chi connectivity index (χ0v) is 24.0. The van der Waals surface area contributed by atoms with Gasteiger partial charge in [0.05, 0.1) is 25.3 Å². The Labute approximate surface area is 228 Å². The van der Waals surface area contributed by atoms with Gasteiger partial charge in [0.15, 0.2) is 0 Å². The van der Waals surface area contributed by atoms with Crippen molar-refractivity contribution >= 4 is 22.8 Å². The van der Waals surface area contributed by atoms with Crippen LogP contribution < -0.4 is 0 Å². The van der Waals surface area contributed by atoms with Crippen LogP contribution in [0.2, 0.25) is 0 Å². The molecule has 0 bridgehead atoms. The molecule has 1 N–H and O–H groups in total. The molecular weight excluding hydrogens is 476 g/mol. The summed E-state index contributed by atoms with van der Waals surface area (Å²) in [4.78, 5) is 27.0. The van der Waals surface area contributed by atoms with Crippen LogP contribution in [-0.2, 0) is 28.9 Å². The molecule has 0 atom stereocenters. The molecule has 208 valence electrons. The summed E-state index contributed by atoms with van der Waals surface area (Å²) in [6.45, 7) is 13.2. The highest BCUT2D eigenvalue weighted by Crippen LogP contribution is 2.31. The molecule has 1 aromatic carbocycles. The largest absolute Gasteiger partial charge is 0.478 e. The van der Waals surface area contributed by atoms with E-state index in [9.17, 15) is 14.7 Å². The van der Waals surface area contributed by atoms with Gasteiger partial charge in [0.1, 0.15) is 0 Å². The fourth-order valence-electron chi connectivity index (χ4n) is 4.53. The van der Waals surface area contributed by atoms with Crippen molar-refractivity contribution in [1.82, 2.24) is 9.47 Å². The molecule has 0 radical (unpaired) electrons. The zero-order valence-electron chi connectivity index (χ0n) is 24.0. The van der Waals surface area contributed by atoms with Crippen LogP contribution in [0.5, 0.6) is 0 Å². The van der Waals surface area contributed by atoms with Crippen LogP contribution in [-0.4, -0.2) is 52.8 Å². The Morgan fingerprint density at radius 3 is 2.29 bits per heavy atom.